The predicted octanol–water partition coefficient (Wildman–Crippen LogP) is -0.0812. The van der Waals surface area contributed by atoms with Crippen LogP contribution in [0.3, 0.4) is 0 Å². The quantitative estimate of drug-likeness (QED) is 0.772. The molecule has 1 aromatic rings. The van der Waals surface area contributed by atoms with Crippen molar-refractivity contribution in [2.24, 2.45) is 0 Å². The van der Waals surface area contributed by atoms with Gasteiger partial charge >= 0.3 is 0 Å². The van der Waals surface area contributed by atoms with E-state index in [1.54, 1.807) is 24.3 Å². The van der Waals surface area contributed by atoms with Crippen LogP contribution in [0.15, 0.2) is 30.3 Å². The van der Waals surface area contributed by atoms with Crippen LogP contribution in [0, 0.1) is 0 Å². The molecule has 5 nitrogen and oxygen atoms in total. The average molecular weight is 256 g/mol. The van der Waals surface area contributed by atoms with Crippen LogP contribution in [0.5, 0.6) is 0 Å². The molecule has 1 radical (unpaired) electrons. The van der Waals surface area contributed by atoms with E-state index in [-0.39, 0.29) is 13.1 Å². The van der Waals surface area contributed by atoms with E-state index in [0.717, 1.165) is 16.1 Å². The van der Waals surface area contributed by atoms with Crippen LogP contribution < -0.4 is 0 Å². The zero-order valence-electron chi connectivity index (χ0n) is 9.41. The zero-order chi connectivity index (χ0) is 12.9. The maximum Gasteiger partial charge on any atom is 0.230 e. The van der Waals surface area contributed by atoms with Gasteiger partial charge in [0.05, 0.1) is 6.26 Å². The normalized spacial score (nSPS) is 13.6. The first-order valence-corrected chi connectivity index (χ1v) is 6.83. The van der Waals surface area contributed by atoms with Crippen LogP contribution in [-0.4, -0.2) is 43.0 Å². The molecule has 93 valence electrons. The number of nitrogens with zero attached hydrogens (tertiary/aromatic N) is 1. The number of aliphatic hydroxyl groups is 1. The zero-order valence-corrected chi connectivity index (χ0v) is 10.2. The highest BCUT2D eigenvalue weighted by Gasteiger charge is 2.20. The Morgan fingerprint density at radius 3 is 2.41 bits per heavy atom. The first-order chi connectivity index (χ1) is 7.93. The lowest BCUT2D eigenvalue weighted by Crippen LogP contribution is -2.36. The number of rotatable bonds is 6. The molecule has 0 bridgehead atoms. The summed E-state index contributed by atoms with van der Waals surface area (Å²) in [6, 6.07) is 8.95. The van der Waals surface area contributed by atoms with Crippen LogP contribution in [0.1, 0.15) is 5.56 Å². The van der Waals surface area contributed by atoms with Gasteiger partial charge in [-0.25, -0.2) is 8.42 Å². The lowest BCUT2D eigenvalue weighted by atomic mass is 10.2. The van der Waals surface area contributed by atoms with E-state index in [2.05, 4.69) is 0 Å². The Morgan fingerprint density at radius 1 is 1.35 bits per heavy atom. The summed E-state index contributed by atoms with van der Waals surface area (Å²) in [7, 11) is -3.47. The van der Waals surface area contributed by atoms with E-state index in [1.807, 2.05) is 6.07 Å². The highest BCUT2D eigenvalue weighted by atomic mass is 32.2. The van der Waals surface area contributed by atoms with Crippen LogP contribution in [-0.2, 0) is 21.4 Å². The lowest BCUT2D eigenvalue weighted by molar-refractivity contribution is 0.197. The summed E-state index contributed by atoms with van der Waals surface area (Å²) in [5, 5.41) is 9.14. The first-order valence-electron chi connectivity index (χ1n) is 4.98. The molecule has 1 rings (SSSR count). The van der Waals surface area contributed by atoms with E-state index in [1.165, 1.54) is 6.29 Å². The standard InChI is InChI=1S/C11H14NO4S/c1-17(15,16)12(8-11(14)9-13)7-10-5-3-2-4-6-10/h2-6,11,14H,7-8H2,1H3. The Hall–Kier alpha value is -1.24. The van der Waals surface area contributed by atoms with Crippen molar-refractivity contribution in [1.29, 1.82) is 0 Å². The van der Waals surface area contributed by atoms with Crippen molar-refractivity contribution in [3.63, 3.8) is 0 Å². The van der Waals surface area contributed by atoms with Gasteiger partial charge < -0.3 is 5.11 Å². The second kappa shape index (κ2) is 5.90. The van der Waals surface area contributed by atoms with E-state index >= 15 is 0 Å². The van der Waals surface area contributed by atoms with Gasteiger partial charge in [-0.2, -0.15) is 4.31 Å². The van der Waals surface area contributed by atoms with Crippen molar-refractivity contribution in [1.82, 2.24) is 4.31 Å². The smallest absolute Gasteiger partial charge is 0.230 e. The predicted molar refractivity (Wildman–Crippen MR) is 63.4 cm³/mol. The van der Waals surface area contributed by atoms with E-state index < -0.39 is 16.1 Å². The Kier molecular flexibility index (Phi) is 4.80. The van der Waals surface area contributed by atoms with Crippen molar-refractivity contribution < 1.29 is 18.3 Å². The average Bonchev–Trinajstić information content (AvgIpc) is 2.28. The number of carbonyl (C=O) groups excluding carboxylic acids is 1. The van der Waals surface area contributed by atoms with E-state index in [0.29, 0.717) is 0 Å². The van der Waals surface area contributed by atoms with Gasteiger partial charge in [0.1, 0.15) is 6.10 Å². The van der Waals surface area contributed by atoms with Gasteiger partial charge in [0, 0.05) is 13.1 Å². The van der Waals surface area contributed by atoms with Gasteiger partial charge in [-0.3, -0.25) is 4.79 Å². The third kappa shape index (κ3) is 4.64. The van der Waals surface area contributed by atoms with Crippen LogP contribution in [0.2, 0.25) is 0 Å². The summed E-state index contributed by atoms with van der Waals surface area (Å²) in [6.45, 7) is -0.157. The van der Waals surface area contributed by atoms with Gasteiger partial charge in [-0.15, -0.1) is 0 Å². The molecular formula is C11H14NO4S. The highest BCUT2D eigenvalue weighted by molar-refractivity contribution is 7.88. The molecule has 0 heterocycles. The molecule has 0 spiro atoms. The molecule has 1 N–H and O–H groups in total. The molecule has 0 aliphatic heterocycles. The molecule has 0 saturated heterocycles. The molecule has 17 heavy (non-hydrogen) atoms. The summed E-state index contributed by atoms with van der Waals surface area (Å²) in [5.41, 5.74) is 0.788. The Morgan fingerprint density at radius 2 is 1.94 bits per heavy atom. The maximum atomic E-state index is 11.5. The molecule has 1 unspecified atom stereocenters. The lowest BCUT2D eigenvalue weighted by Gasteiger charge is -2.20. The van der Waals surface area contributed by atoms with Crippen molar-refractivity contribution in [2.75, 3.05) is 12.8 Å². The van der Waals surface area contributed by atoms with Gasteiger partial charge in [0.15, 0.2) is 0 Å². The minimum Gasteiger partial charge on any atom is -0.383 e. The fourth-order valence-corrected chi connectivity index (χ4v) is 2.13. The van der Waals surface area contributed by atoms with Gasteiger partial charge in [-0.05, 0) is 5.56 Å². The first kappa shape index (κ1) is 13.8. The van der Waals surface area contributed by atoms with E-state index in [9.17, 15) is 13.2 Å². The monoisotopic (exact) mass is 256 g/mol. The van der Waals surface area contributed by atoms with Gasteiger partial charge in [0.2, 0.25) is 16.3 Å². The maximum absolute atomic E-state index is 11.5. The Bertz CT molecular complexity index is 458. The van der Waals surface area contributed by atoms with Crippen molar-refractivity contribution in [2.45, 2.75) is 12.6 Å². The summed E-state index contributed by atoms with van der Waals surface area (Å²) in [5.74, 6) is 0. The molecule has 0 aliphatic rings. The van der Waals surface area contributed by atoms with Crippen LogP contribution >= 0.6 is 0 Å². The fourth-order valence-electron chi connectivity index (χ4n) is 1.33. The summed E-state index contributed by atoms with van der Waals surface area (Å²) < 4.78 is 24.0. The van der Waals surface area contributed by atoms with Gasteiger partial charge in [-0.1, -0.05) is 30.3 Å². The summed E-state index contributed by atoms with van der Waals surface area (Å²) in [6.07, 6.45) is 0.965. The minimum atomic E-state index is -3.47. The molecule has 0 amide bonds. The second-order valence-corrected chi connectivity index (χ2v) is 5.66. The number of sulfonamides is 1. The fraction of sp³-hybridized carbons (Fsp3) is 0.364. The van der Waals surface area contributed by atoms with Crippen LogP contribution in [0.25, 0.3) is 0 Å². The van der Waals surface area contributed by atoms with Crippen molar-refractivity contribution >= 4 is 16.3 Å². The third-order valence-corrected chi connectivity index (χ3v) is 3.40. The third-order valence-electron chi connectivity index (χ3n) is 2.18. The molecule has 0 saturated carbocycles. The molecule has 6 heteroatoms. The molecule has 1 aromatic carbocycles. The van der Waals surface area contributed by atoms with Gasteiger partial charge in [0.25, 0.3) is 0 Å². The number of hydrogen-bond acceptors (Lipinski definition) is 4. The number of aliphatic hydroxyl groups excluding tert-OH is 1. The molecule has 1 atom stereocenters. The molecule has 0 aliphatic carbocycles. The topological polar surface area (TPSA) is 74.7 Å². The van der Waals surface area contributed by atoms with Crippen molar-refractivity contribution in [3.8, 4) is 0 Å². The molecule has 0 fully saturated rings. The molecular weight excluding hydrogens is 242 g/mol. The van der Waals surface area contributed by atoms with E-state index in [4.69, 9.17) is 5.11 Å². The summed E-state index contributed by atoms with van der Waals surface area (Å²) >= 11 is 0. The second-order valence-electron chi connectivity index (χ2n) is 3.67. The Labute approximate surface area is 101 Å². The molecule has 0 aromatic heterocycles. The number of hydrogen-bond donors (Lipinski definition) is 1. The highest BCUT2D eigenvalue weighted by Crippen LogP contribution is 2.08. The van der Waals surface area contributed by atoms with Crippen molar-refractivity contribution in [3.05, 3.63) is 35.9 Å². The SMILES string of the molecule is CS(=O)(=O)N(Cc1ccccc1)CC(O)[C]=O. The minimum absolute atomic E-state index is 0.123. The number of benzene rings is 1. The van der Waals surface area contributed by atoms with Crippen LogP contribution in [0.4, 0.5) is 0 Å². The largest absolute Gasteiger partial charge is 0.383 e. The summed E-state index contributed by atoms with van der Waals surface area (Å²) in [4.78, 5) is 10.2. The Balaban J connectivity index is 2.82.